The van der Waals surface area contributed by atoms with E-state index in [-0.39, 0.29) is 18.4 Å². The molecule has 1 aliphatic heterocycles. The van der Waals surface area contributed by atoms with Gasteiger partial charge in [0.15, 0.2) is 0 Å². The number of H-pyrrole nitrogens is 1. The van der Waals surface area contributed by atoms with Crippen molar-refractivity contribution in [1.82, 2.24) is 15.1 Å². The summed E-state index contributed by atoms with van der Waals surface area (Å²) in [5.41, 5.74) is 6.25. The lowest BCUT2D eigenvalue weighted by Crippen LogP contribution is -2.42. The van der Waals surface area contributed by atoms with Crippen molar-refractivity contribution < 1.29 is 9.59 Å². The Morgan fingerprint density at radius 1 is 1.47 bits per heavy atom. The van der Waals surface area contributed by atoms with Crippen LogP contribution in [0.25, 0.3) is 0 Å². The first-order chi connectivity index (χ1) is 7.18. The number of hydrogen-bond acceptors (Lipinski definition) is 5. The number of carbonyl (C=O) groups is 2. The molecule has 2 amide bonds. The number of nitrogens with zero attached hydrogens (tertiary/aromatic N) is 2. The highest BCUT2D eigenvalue weighted by atomic mass is 32.2. The first kappa shape index (κ1) is 10.0. The van der Waals surface area contributed by atoms with Gasteiger partial charge in [0.05, 0.1) is 24.2 Å². The van der Waals surface area contributed by atoms with Crippen LogP contribution in [0, 0.1) is 0 Å². The van der Waals surface area contributed by atoms with Gasteiger partial charge < -0.3 is 5.73 Å². The number of nitrogens with one attached hydrogen (secondary N) is 1. The molecular weight excluding hydrogens is 216 g/mol. The Morgan fingerprint density at radius 2 is 2.13 bits per heavy atom. The largest absolute Gasteiger partial charge is 0.384 e. The lowest BCUT2D eigenvalue weighted by molar-refractivity contribution is -0.142. The van der Waals surface area contributed by atoms with E-state index in [0.29, 0.717) is 22.9 Å². The zero-order valence-electron chi connectivity index (χ0n) is 7.90. The van der Waals surface area contributed by atoms with Crippen molar-refractivity contribution in [2.75, 3.05) is 17.2 Å². The highest BCUT2D eigenvalue weighted by Gasteiger charge is 2.27. The van der Waals surface area contributed by atoms with Crippen LogP contribution >= 0.6 is 11.8 Å². The zero-order chi connectivity index (χ0) is 10.8. The molecule has 0 aromatic carbocycles. The van der Waals surface area contributed by atoms with E-state index >= 15 is 0 Å². The van der Waals surface area contributed by atoms with E-state index in [1.54, 1.807) is 0 Å². The summed E-state index contributed by atoms with van der Waals surface area (Å²) < 4.78 is 0. The van der Waals surface area contributed by atoms with E-state index in [2.05, 4.69) is 10.2 Å². The summed E-state index contributed by atoms with van der Waals surface area (Å²) in [6, 6.07) is 0. The van der Waals surface area contributed by atoms with Gasteiger partial charge in [-0.15, -0.1) is 11.8 Å². The molecule has 15 heavy (non-hydrogen) atoms. The fourth-order valence-corrected chi connectivity index (χ4v) is 2.08. The third-order valence-electron chi connectivity index (χ3n) is 2.13. The van der Waals surface area contributed by atoms with Crippen LogP contribution in [-0.2, 0) is 16.1 Å². The van der Waals surface area contributed by atoms with Gasteiger partial charge in [-0.3, -0.25) is 19.6 Å². The Labute approximate surface area is 90.2 Å². The topological polar surface area (TPSA) is 92.1 Å². The van der Waals surface area contributed by atoms with Gasteiger partial charge in [-0.25, -0.2) is 0 Å². The minimum atomic E-state index is -0.170. The van der Waals surface area contributed by atoms with Gasteiger partial charge in [0, 0.05) is 5.56 Å². The maximum atomic E-state index is 11.5. The molecule has 6 nitrogen and oxygen atoms in total. The van der Waals surface area contributed by atoms with Crippen LogP contribution < -0.4 is 5.73 Å². The monoisotopic (exact) mass is 226 g/mol. The highest BCUT2D eigenvalue weighted by Crippen LogP contribution is 2.17. The summed E-state index contributed by atoms with van der Waals surface area (Å²) in [6.07, 6.45) is 1.53. The van der Waals surface area contributed by atoms with Gasteiger partial charge in [-0.05, 0) is 0 Å². The number of rotatable bonds is 2. The predicted octanol–water partition coefficient (Wildman–Crippen LogP) is -0.406. The summed E-state index contributed by atoms with van der Waals surface area (Å²) in [7, 11) is 0. The smallest absolute Gasteiger partial charge is 0.239 e. The third-order valence-corrected chi connectivity index (χ3v) is 3.04. The van der Waals surface area contributed by atoms with Crippen LogP contribution in [0.4, 0.5) is 5.82 Å². The molecule has 1 aromatic rings. The molecule has 0 bridgehead atoms. The number of amides is 2. The Kier molecular flexibility index (Phi) is 2.63. The number of nitrogen functional groups attached to an aromatic ring is 1. The summed E-state index contributed by atoms with van der Waals surface area (Å²) in [5.74, 6) is 0.759. The SMILES string of the molecule is Nc1[nH]ncc1CN1C(=O)CSCC1=O. The minimum absolute atomic E-state index is 0.170. The average Bonchev–Trinajstić information content (AvgIpc) is 2.58. The second-order valence-electron chi connectivity index (χ2n) is 3.18. The van der Waals surface area contributed by atoms with Gasteiger partial charge in [-0.1, -0.05) is 0 Å². The molecule has 1 fully saturated rings. The number of nitrogens with two attached hydrogens (primary N) is 1. The van der Waals surface area contributed by atoms with E-state index in [1.807, 2.05) is 0 Å². The fourth-order valence-electron chi connectivity index (χ4n) is 1.31. The molecule has 0 aliphatic carbocycles. The summed E-state index contributed by atoms with van der Waals surface area (Å²) >= 11 is 1.34. The lowest BCUT2D eigenvalue weighted by atomic mass is 10.3. The molecular formula is C8H10N4O2S. The highest BCUT2D eigenvalue weighted by molar-refractivity contribution is 8.00. The maximum Gasteiger partial charge on any atom is 0.239 e. The van der Waals surface area contributed by atoms with E-state index in [9.17, 15) is 9.59 Å². The van der Waals surface area contributed by atoms with E-state index in [0.717, 1.165) is 0 Å². The fraction of sp³-hybridized carbons (Fsp3) is 0.375. The van der Waals surface area contributed by atoms with Crippen molar-refractivity contribution in [2.24, 2.45) is 0 Å². The Bertz CT molecular complexity index is 387. The van der Waals surface area contributed by atoms with Gasteiger partial charge in [0.25, 0.3) is 0 Å². The van der Waals surface area contributed by atoms with Crippen molar-refractivity contribution in [3.05, 3.63) is 11.8 Å². The minimum Gasteiger partial charge on any atom is -0.384 e. The maximum absolute atomic E-state index is 11.5. The molecule has 0 saturated carbocycles. The molecule has 1 aliphatic rings. The van der Waals surface area contributed by atoms with Crippen molar-refractivity contribution in [1.29, 1.82) is 0 Å². The first-order valence-corrected chi connectivity index (χ1v) is 5.52. The van der Waals surface area contributed by atoms with Crippen molar-refractivity contribution in [3.63, 3.8) is 0 Å². The molecule has 80 valence electrons. The van der Waals surface area contributed by atoms with Crippen molar-refractivity contribution in [2.45, 2.75) is 6.54 Å². The van der Waals surface area contributed by atoms with E-state index in [4.69, 9.17) is 5.73 Å². The number of aromatic amines is 1. The van der Waals surface area contributed by atoms with Crippen LogP contribution in [0.1, 0.15) is 5.56 Å². The Balaban J connectivity index is 2.13. The number of aromatic nitrogens is 2. The molecule has 3 N–H and O–H groups in total. The summed E-state index contributed by atoms with van der Waals surface area (Å²) in [4.78, 5) is 24.1. The first-order valence-electron chi connectivity index (χ1n) is 4.37. The summed E-state index contributed by atoms with van der Waals surface area (Å²) in [5, 5.41) is 6.29. The van der Waals surface area contributed by atoms with Gasteiger partial charge in [-0.2, -0.15) is 5.10 Å². The molecule has 2 rings (SSSR count). The molecule has 0 unspecified atom stereocenters. The Hall–Kier alpha value is -1.50. The molecule has 0 atom stereocenters. The number of thioether (sulfide) groups is 1. The van der Waals surface area contributed by atoms with Crippen LogP contribution in [0.5, 0.6) is 0 Å². The van der Waals surface area contributed by atoms with Gasteiger partial charge in [0.2, 0.25) is 11.8 Å². The number of carbonyl (C=O) groups excluding carboxylic acids is 2. The molecule has 1 aromatic heterocycles. The Morgan fingerprint density at radius 3 is 2.67 bits per heavy atom. The normalized spacial score (nSPS) is 17.2. The molecule has 0 radical (unpaired) electrons. The second kappa shape index (κ2) is 3.93. The predicted molar refractivity (Wildman–Crippen MR) is 55.9 cm³/mol. The number of hydrogen-bond donors (Lipinski definition) is 2. The second-order valence-corrected chi connectivity index (χ2v) is 4.16. The molecule has 0 spiro atoms. The van der Waals surface area contributed by atoms with Gasteiger partial charge in [0.1, 0.15) is 5.82 Å². The molecule has 2 heterocycles. The van der Waals surface area contributed by atoms with Crippen LogP contribution in [0.2, 0.25) is 0 Å². The summed E-state index contributed by atoms with van der Waals surface area (Å²) in [6.45, 7) is 0.209. The van der Waals surface area contributed by atoms with Crippen LogP contribution in [0.15, 0.2) is 6.20 Å². The molecule has 7 heteroatoms. The lowest BCUT2D eigenvalue weighted by Gasteiger charge is -2.23. The average molecular weight is 226 g/mol. The standard InChI is InChI=1S/C8H10N4O2S/c9-8-5(1-10-11-8)2-12-6(13)3-15-4-7(12)14/h1H,2-4H2,(H3,9,10,11). The van der Waals surface area contributed by atoms with Crippen molar-refractivity contribution in [3.8, 4) is 0 Å². The van der Waals surface area contributed by atoms with E-state index < -0.39 is 0 Å². The molecule has 1 saturated heterocycles. The quantitative estimate of drug-likeness (QED) is 0.669. The van der Waals surface area contributed by atoms with Gasteiger partial charge >= 0.3 is 0 Å². The third kappa shape index (κ3) is 1.96. The van der Waals surface area contributed by atoms with Crippen LogP contribution in [-0.4, -0.2) is 38.4 Å². The number of anilines is 1. The van der Waals surface area contributed by atoms with Crippen molar-refractivity contribution >= 4 is 29.4 Å². The van der Waals surface area contributed by atoms with E-state index in [1.165, 1.54) is 22.9 Å². The zero-order valence-corrected chi connectivity index (χ0v) is 8.71. The number of imide groups is 1. The van der Waals surface area contributed by atoms with Crippen LogP contribution in [0.3, 0.4) is 0 Å².